The van der Waals surface area contributed by atoms with Gasteiger partial charge in [0.05, 0.1) is 6.26 Å². The zero-order valence-corrected chi connectivity index (χ0v) is 13.9. The zero-order valence-electron chi connectivity index (χ0n) is 13.0. The molecule has 0 saturated carbocycles. The van der Waals surface area contributed by atoms with Gasteiger partial charge >= 0.3 is 0 Å². The first kappa shape index (κ1) is 16.7. The average Bonchev–Trinajstić information content (AvgIpc) is 2.91. The van der Waals surface area contributed by atoms with Gasteiger partial charge in [-0.05, 0) is 38.8 Å². The molecule has 0 aromatic rings. The fourth-order valence-electron chi connectivity index (χ4n) is 3.44. The first-order valence-electron chi connectivity index (χ1n) is 7.92. The maximum atomic E-state index is 12.4. The normalized spacial score (nSPS) is 28.7. The van der Waals surface area contributed by atoms with Gasteiger partial charge in [0.15, 0.2) is 0 Å². The number of piperidine rings is 1. The molecule has 7 heteroatoms. The summed E-state index contributed by atoms with van der Waals surface area (Å²) in [6, 6.07) is -0.126. The molecule has 2 aliphatic heterocycles. The van der Waals surface area contributed by atoms with Crippen molar-refractivity contribution in [2.45, 2.75) is 51.1 Å². The van der Waals surface area contributed by atoms with E-state index in [1.807, 2.05) is 0 Å². The van der Waals surface area contributed by atoms with Crippen LogP contribution in [0.1, 0.15) is 39.0 Å². The van der Waals surface area contributed by atoms with E-state index in [4.69, 9.17) is 0 Å². The summed E-state index contributed by atoms with van der Waals surface area (Å²) in [6.45, 7) is 5.31. The summed E-state index contributed by atoms with van der Waals surface area (Å²) >= 11 is 0. The summed E-state index contributed by atoms with van der Waals surface area (Å²) in [5.74, 6) is -0.136. The lowest BCUT2D eigenvalue weighted by Crippen LogP contribution is -2.53. The lowest BCUT2D eigenvalue weighted by molar-refractivity contribution is -0.125. The van der Waals surface area contributed by atoms with Crippen molar-refractivity contribution in [3.8, 4) is 0 Å². The van der Waals surface area contributed by atoms with Gasteiger partial charge in [-0.2, -0.15) is 4.31 Å². The van der Waals surface area contributed by atoms with Crippen LogP contribution in [0.5, 0.6) is 0 Å². The summed E-state index contributed by atoms with van der Waals surface area (Å²) < 4.78 is 25.0. The number of nitrogens with one attached hydrogen (secondary N) is 1. The van der Waals surface area contributed by atoms with E-state index in [-0.39, 0.29) is 5.91 Å². The fourth-order valence-corrected chi connectivity index (χ4v) is 4.57. The molecule has 0 spiro atoms. The van der Waals surface area contributed by atoms with E-state index in [1.165, 1.54) is 17.0 Å². The Bertz CT molecular complexity index is 466. The van der Waals surface area contributed by atoms with Gasteiger partial charge in [-0.1, -0.05) is 13.3 Å². The molecule has 0 radical (unpaired) electrons. The van der Waals surface area contributed by atoms with Crippen molar-refractivity contribution in [1.82, 2.24) is 14.5 Å². The van der Waals surface area contributed by atoms with Crippen molar-refractivity contribution in [2.75, 3.05) is 32.4 Å². The van der Waals surface area contributed by atoms with Crippen molar-refractivity contribution in [3.05, 3.63) is 0 Å². The Morgan fingerprint density at radius 1 is 1.19 bits per heavy atom. The quantitative estimate of drug-likeness (QED) is 0.797. The van der Waals surface area contributed by atoms with E-state index in [0.717, 1.165) is 32.4 Å². The number of rotatable bonds is 5. The third-order valence-corrected chi connectivity index (χ3v) is 5.89. The van der Waals surface area contributed by atoms with E-state index in [9.17, 15) is 13.2 Å². The number of carbonyl (C=O) groups is 1. The number of likely N-dealkylation sites (N-methyl/N-ethyl adjacent to an activating group) is 1. The SMILES string of the molecule is CCN1CCC[C@H]1CNC(=O)[C@@H]1CCCCN1S(C)(=O)=O. The summed E-state index contributed by atoms with van der Waals surface area (Å²) in [4.78, 5) is 14.7. The third-order valence-electron chi connectivity index (χ3n) is 4.60. The third kappa shape index (κ3) is 4.17. The summed E-state index contributed by atoms with van der Waals surface area (Å²) in [7, 11) is -3.31. The number of likely N-dealkylation sites (tertiary alicyclic amines) is 1. The van der Waals surface area contributed by atoms with E-state index >= 15 is 0 Å². The topological polar surface area (TPSA) is 69.7 Å². The minimum atomic E-state index is -3.31. The van der Waals surface area contributed by atoms with Crippen LogP contribution in [0.4, 0.5) is 0 Å². The standard InChI is InChI=1S/C14H27N3O3S/c1-3-16-9-6-7-12(16)11-15-14(18)13-8-4-5-10-17(13)21(2,19)20/h12-13H,3-11H2,1-2H3,(H,15,18)/t12-,13-/m0/s1. The molecule has 1 N–H and O–H groups in total. The van der Waals surface area contributed by atoms with Crippen LogP contribution in [0.25, 0.3) is 0 Å². The van der Waals surface area contributed by atoms with Crippen LogP contribution < -0.4 is 5.32 Å². The highest BCUT2D eigenvalue weighted by Crippen LogP contribution is 2.20. The van der Waals surface area contributed by atoms with E-state index in [1.54, 1.807) is 0 Å². The van der Waals surface area contributed by atoms with Crippen LogP contribution in [0.2, 0.25) is 0 Å². The Morgan fingerprint density at radius 2 is 1.95 bits per heavy atom. The van der Waals surface area contributed by atoms with Gasteiger partial charge in [-0.15, -0.1) is 0 Å². The van der Waals surface area contributed by atoms with E-state index in [0.29, 0.717) is 25.6 Å². The van der Waals surface area contributed by atoms with Crippen molar-refractivity contribution < 1.29 is 13.2 Å². The number of carbonyl (C=O) groups excluding carboxylic acids is 1. The first-order valence-corrected chi connectivity index (χ1v) is 9.77. The second-order valence-corrected chi connectivity index (χ2v) is 7.99. The Labute approximate surface area is 127 Å². The van der Waals surface area contributed by atoms with Gasteiger partial charge in [0.2, 0.25) is 15.9 Å². The van der Waals surface area contributed by atoms with Gasteiger partial charge < -0.3 is 5.32 Å². The highest BCUT2D eigenvalue weighted by molar-refractivity contribution is 7.88. The number of hydrogen-bond acceptors (Lipinski definition) is 4. The first-order chi connectivity index (χ1) is 9.93. The van der Waals surface area contributed by atoms with Crippen LogP contribution in [0.3, 0.4) is 0 Å². The predicted octanol–water partition coefficient (Wildman–Crippen LogP) is 0.401. The molecule has 0 aliphatic carbocycles. The molecule has 2 atom stereocenters. The Balaban J connectivity index is 1.92. The Kier molecular flexibility index (Phi) is 5.62. The molecule has 0 aromatic heterocycles. The maximum Gasteiger partial charge on any atom is 0.238 e. The number of hydrogen-bond donors (Lipinski definition) is 1. The molecule has 6 nitrogen and oxygen atoms in total. The largest absolute Gasteiger partial charge is 0.353 e. The van der Waals surface area contributed by atoms with Crippen LogP contribution in [0, 0.1) is 0 Å². The molecule has 0 unspecified atom stereocenters. The number of amides is 1. The van der Waals surface area contributed by atoms with Crippen molar-refractivity contribution >= 4 is 15.9 Å². The van der Waals surface area contributed by atoms with Gasteiger partial charge in [0, 0.05) is 19.1 Å². The summed E-state index contributed by atoms with van der Waals surface area (Å²) in [5.41, 5.74) is 0. The van der Waals surface area contributed by atoms with Crippen LogP contribution in [-0.4, -0.2) is 68.0 Å². The molecule has 0 bridgehead atoms. The molecule has 2 aliphatic rings. The van der Waals surface area contributed by atoms with Crippen molar-refractivity contribution in [2.24, 2.45) is 0 Å². The molecule has 21 heavy (non-hydrogen) atoms. The van der Waals surface area contributed by atoms with Crippen molar-refractivity contribution in [1.29, 1.82) is 0 Å². The smallest absolute Gasteiger partial charge is 0.238 e. The van der Waals surface area contributed by atoms with Crippen molar-refractivity contribution in [3.63, 3.8) is 0 Å². The summed E-state index contributed by atoms with van der Waals surface area (Å²) in [6.07, 6.45) is 5.84. The average molecular weight is 317 g/mol. The Hall–Kier alpha value is -0.660. The zero-order chi connectivity index (χ0) is 15.5. The molecule has 2 rings (SSSR count). The second-order valence-electron chi connectivity index (χ2n) is 6.06. The maximum absolute atomic E-state index is 12.4. The van der Waals surface area contributed by atoms with Crippen LogP contribution in [0.15, 0.2) is 0 Å². The molecule has 122 valence electrons. The fraction of sp³-hybridized carbons (Fsp3) is 0.929. The molecular formula is C14H27N3O3S. The molecule has 2 heterocycles. The van der Waals surface area contributed by atoms with Gasteiger partial charge in [0.1, 0.15) is 6.04 Å². The minimum Gasteiger partial charge on any atom is -0.353 e. The second kappa shape index (κ2) is 7.07. The predicted molar refractivity (Wildman–Crippen MR) is 82.5 cm³/mol. The van der Waals surface area contributed by atoms with Gasteiger partial charge in [0.25, 0.3) is 0 Å². The summed E-state index contributed by atoms with van der Waals surface area (Å²) in [5, 5.41) is 2.97. The van der Waals surface area contributed by atoms with Crippen LogP contribution >= 0.6 is 0 Å². The highest BCUT2D eigenvalue weighted by Gasteiger charge is 2.34. The minimum absolute atomic E-state index is 0.136. The van der Waals surface area contributed by atoms with Crippen LogP contribution in [-0.2, 0) is 14.8 Å². The van der Waals surface area contributed by atoms with E-state index < -0.39 is 16.1 Å². The highest BCUT2D eigenvalue weighted by atomic mass is 32.2. The molecule has 0 aromatic carbocycles. The lowest BCUT2D eigenvalue weighted by atomic mass is 10.0. The monoisotopic (exact) mass is 317 g/mol. The molecular weight excluding hydrogens is 290 g/mol. The number of sulfonamides is 1. The molecule has 2 saturated heterocycles. The number of nitrogens with zero attached hydrogens (tertiary/aromatic N) is 2. The molecule has 2 fully saturated rings. The molecule has 1 amide bonds. The Morgan fingerprint density at radius 3 is 2.62 bits per heavy atom. The van der Waals surface area contributed by atoms with Gasteiger partial charge in [-0.3, -0.25) is 9.69 Å². The lowest BCUT2D eigenvalue weighted by Gasteiger charge is -2.33. The van der Waals surface area contributed by atoms with Gasteiger partial charge in [-0.25, -0.2) is 8.42 Å². The van der Waals surface area contributed by atoms with E-state index in [2.05, 4.69) is 17.1 Å².